The number of unbranched alkanes of at least 4 members (excludes halogenated alkanes) is 2. The fraction of sp³-hybridized carbons (Fsp3) is 0.360. The third-order valence-corrected chi connectivity index (χ3v) is 5.33. The first kappa shape index (κ1) is 24.9. The number of nitrogens with zero attached hydrogens (tertiary/aromatic N) is 1. The summed E-state index contributed by atoms with van der Waals surface area (Å²) >= 11 is 0. The fourth-order valence-electron chi connectivity index (χ4n) is 3.48. The summed E-state index contributed by atoms with van der Waals surface area (Å²) in [5.74, 6) is -3.05. The number of hydrogen-bond acceptors (Lipinski definition) is 6. The van der Waals surface area contributed by atoms with Crippen LogP contribution in [0, 0.1) is 11.7 Å². The van der Waals surface area contributed by atoms with Crippen LogP contribution in [-0.4, -0.2) is 43.5 Å². The van der Waals surface area contributed by atoms with Gasteiger partial charge in [-0.2, -0.15) is 0 Å². The molecule has 180 valence electrons. The Morgan fingerprint density at radius 1 is 1.03 bits per heavy atom. The van der Waals surface area contributed by atoms with Gasteiger partial charge in [0.2, 0.25) is 5.91 Å². The van der Waals surface area contributed by atoms with Gasteiger partial charge in [-0.1, -0.05) is 19.8 Å². The van der Waals surface area contributed by atoms with Crippen LogP contribution in [0.2, 0.25) is 0 Å². The lowest BCUT2D eigenvalue weighted by atomic mass is 10.1. The van der Waals surface area contributed by atoms with Gasteiger partial charge in [-0.3, -0.25) is 14.4 Å². The maximum atomic E-state index is 12.9. The van der Waals surface area contributed by atoms with Gasteiger partial charge in [-0.05, 0) is 55.0 Å². The van der Waals surface area contributed by atoms with Crippen molar-refractivity contribution < 1.29 is 33.0 Å². The topological polar surface area (TPSA) is 102 Å². The predicted molar refractivity (Wildman–Crippen MR) is 123 cm³/mol. The van der Waals surface area contributed by atoms with Crippen LogP contribution in [0.5, 0.6) is 0 Å². The normalized spacial score (nSPS) is 15.2. The van der Waals surface area contributed by atoms with E-state index in [0.29, 0.717) is 23.5 Å². The van der Waals surface area contributed by atoms with Crippen molar-refractivity contribution in [3.8, 4) is 0 Å². The molecule has 9 heteroatoms. The van der Waals surface area contributed by atoms with E-state index in [1.165, 1.54) is 29.2 Å². The average Bonchev–Trinajstić information content (AvgIpc) is 3.23. The van der Waals surface area contributed by atoms with Crippen LogP contribution in [0.1, 0.15) is 43.0 Å². The molecule has 1 aliphatic rings. The summed E-state index contributed by atoms with van der Waals surface area (Å²) in [5, 5.41) is 2.49. The first-order valence-corrected chi connectivity index (χ1v) is 11.2. The lowest BCUT2D eigenvalue weighted by molar-refractivity contribution is -0.151. The second-order valence-corrected chi connectivity index (χ2v) is 7.96. The summed E-state index contributed by atoms with van der Waals surface area (Å²) < 4.78 is 23.2. The van der Waals surface area contributed by atoms with Crippen molar-refractivity contribution in [2.75, 3.05) is 30.0 Å². The van der Waals surface area contributed by atoms with Crippen LogP contribution in [0.3, 0.4) is 0 Å². The molecule has 1 saturated heterocycles. The van der Waals surface area contributed by atoms with Crippen molar-refractivity contribution in [2.24, 2.45) is 5.92 Å². The highest BCUT2D eigenvalue weighted by Gasteiger charge is 2.36. The monoisotopic (exact) mass is 470 g/mol. The Hall–Kier alpha value is -3.75. The smallest absolute Gasteiger partial charge is 0.338 e. The van der Waals surface area contributed by atoms with Gasteiger partial charge >= 0.3 is 11.9 Å². The van der Waals surface area contributed by atoms with Gasteiger partial charge in [0.05, 0.1) is 18.1 Å². The maximum Gasteiger partial charge on any atom is 0.338 e. The van der Waals surface area contributed by atoms with E-state index in [1.807, 2.05) is 0 Å². The molecule has 1 heterocycles. The largest absolute Gasteiger partial charge is 0.462 e. The SMILES string of the molecule is CCCCCOC(=O)c1ccc(N2C[C@@H](C(=O)OCC(=O)Nc3ccc(F)cc3)CC2=O)cc1. The lowest BCUT2D eigenvalue weighted by Crippen LogP contribution is -2.28. The molecule has 0 unspecified atom stereocenters. The molecule has 1 aliphatic heterocycles. The van der Waals surface area contributed by atoms with Crippen LogP contribution in [0.15, 0.2) is 48.5 Å². The number of benzene rings is 2. The molecule has 1 atom stereocenters. The zero-order valence-electron chi connectivity index (χ0n) is 18.9. The van der Waals surface area contributed by atoms with Crippen LogP contribution in [0.4, 0.5) is 15.8 Å². The molecule has 0 radical (unpaired) electrons. The molecular formula is C25H27FN2O6. The number of carbonyl (C=O) groups excluding carboxylic acids is 4. The molecule has 8 nitrogen and oxygen atoms in total. The van der Waals surface area contributed by atoms with Crippen molar-refractivity contribution in [3.63, 3.8) is 0 Å². The third-order valence-electron chi connectivity index (χ3n) is 5.33. The molecule has 0 aliphatic carbocycles. The van der Waals surface area contributed by atoms with Gasteiger partial charge in [0.1, 0.15) is 5.82 Å². The van der Waals surface area contributed by atoms with Gasteiger partial charge in [-0.25, -0.2) is 9.18 Å². The fourth-order valence-corrected chi connectivity index (χ4v) is 3.48. The van der Waals surface area contributed by atoms with Crippen molar-refractivity contribution in [3.05, 3.63) is 59.9 Å². The third kappa shape index (κ3) is 6.87. The second kappa shape index (κ2) is 11.9. The summed E-state index contributed by atoms with van der Waals surface area (Å²) in [7, 11) is 0. The molecular weight excluding hydrogens is 443 g/mol. The molecule has 0 bridgehead atoms. The summed E-state index contributed by atoms with van der Waals surface area (Å²) in [6.07, 6.45) is 2.80. The Morgan fingerprint density at radius 2 is 1.74 bits per heavy atom. The summed E-state index contributed by atoms with van der Waals surface area (Å²) in [5.41, 5.74) is 1.31. The number of anilines is 2. The van der Waals surface area contributed by atoms with Crippen molar-refractivity contribution in [2.45, 2.75) is 32.6 Å². The Kier molecular flexibility index (Phi) is 8.73. The molecule has 1 N–H and O–H groups in total. The van der Waals surface area contributed by atoms with Crippen LogP contribution in [-0.2, 0) is 23.9 Å². The van der Waals surface area contributed by atoms with E-state index in [1.54, 1.807) is 24.3 Å². The van der Waals surface area contributed by atoms with Crippen LogP contribution < -0.4 is 10.2 Å². The number of halogens is 1. The van der Waals surface area contributed by atoms with Gasteiger partial charge < -0.3 is 19.7 Å². The molecule has 0 saturated carbocycles. The first-order valence-electron chi connectivity index (χ1n) is 11.2. The summed E-state index contributed by atoms with van der Waals surface area (Å²) in [4.78, 5) is 50.3. The number of esters is 2. The van der Waals surface area contributed by atoms with E-state index in [2.05, 4.69) is 12.2 Å². The Labute approximate surface area is 197 Å². The second-order valence-electron chi connectivity index (χ2n) is 7.96. The quantitative estimate of drug-likeness (QED) is 0.420. The van der Waals surface area contributed by atoms with Crippen molar-refractivity contribution in [1.82, 2.24) is 0 Å². The molecule has 0 spiro atoms. The van der Waals surface area contributed by atoms with E-state index < -0.39 is 36.2 Å². The molecule has 3 rings (SSSR count). The highest BCUT2D eigenvalue weighted by atomic mass is 19.1. The number of hydrogen-bond donors (Lipinski definition) is 1. The Morgan fingerprint density at radius 3 is 2.41 bits per heavy atom. The maximum absolute atomic E-state index is 12.9. The van der Waals surface area contributed by atoms with E-state index in [0.717, 1.165) is 19.3 Å². The lowest BCUT2D eigenvalue weighted by Gasteiger charge is -2.17. The minimum Gasteiger partial charge on any atom is -0.462 e. The molecule has 34 heavy (non-hydrogen) atoms. The molecule has 0 aromatic heterocycles. The summed E-state index contributed by atoms with van der Waals surface area (Å²) in [6, 6.07) is 11.6. The Balaban J connectivity index is 1.48. The van der Waals surface area contributed by atoms with E-state index in [4.69, 9.17) is 9.47 Å². The summed E-state index contributed by atoms with van der Waals surface area (Å²) in [6.45, 7) is 2.02. The number of carbonyl (C=O) groups is 4. The molecule has 1 fully saturated rings. The number of rotatable bonds is 10. The predicted octanol–water partition coefficient (Wildman–Crippen LogP) is 3.71. The Bertz CT molecular complexity index is 1020. The van der Waals surface area contributed by atoms with Crippen molar-refractivity contribution in [1.29, 1.82) is 0 Å². The highest BCUT2D eigenvalue weighted by molar-refractivity contribution is 6.00. The van der Waals surface area contributed by atoms with E-state index in [9.17, 15) is 23.6 Å². The van der Waals surface area contributed by atoms with Crippen molar-refractivity contribution >= 4 is 35.1 Å². The minimum atomic E-state index is -0.714. The van der Waals surface area contributed by atoms with Gasteiger partial charge in [0.25, 0.3) is 5.91 Å². The zero-order chi connectivity index (χ0) is 24.5. The average molecular weight is 470 g/mol. The number of ether oxygens (including phenoxy) is 2. The molecule has 2 amide bonds. The van der Waals surface area contributed by atoms with Crippen LogP contribution in [0.25, 0.3) is 0 Å². The highest BCUT2D eigenvalue weighted by Crippen LogP contribution is 2.26. The van der Waals surface area contributed by atoms with Crippen LogP contribution >= 0.6 is 0 Å². The van der Waals surface area contributed by atoms with Gasteiger partial charge in [0.15, 0.2) is 6.61 Å². The van der Waals surface area contributed by atoms with E-state index >= 15 is 0 Å². The number of amides is 2. The molecule has 2 aromatic rings. The standard InChI is InChI=1S/C25H27FN2O6/c1-2-3-4-13-33-24(31)17-5-11-21(12-6-17)28-15-18(14-23(28)30)25(32)34-16-22(29)27-20-9-7-19(26)8-10-20/h5-12,18H,2-4,13-16H2,1H3,(H,27,29)/t18-/m0/s1. The molecule has 2 aromatic carbocycles. The van der Waals surface area contributed by atoms with E-state index in [-0.39, 0.29) is 18.9 Å². The first-order chi connectivity index (χ1) is 16.4. The number of nitrogens with one attached hydrogen (secondary N) is 1. The minimum absolute atomic E-state index is 0.0420. The van der Waals surface area contributed by atoms with Gasteiger partial charge in [-0.15, -0.1) is 0 Å². The van der Waals surface area contributed by atoms with Gasteiger partial charge in [0, 0.05) is 24.3 Å². The zero-order valence-corrected chi connectivity index (χ0v) is 18.9.